The predicted octanol–water partition coefficient (Wildman–Crippen LogP) is 2.20. The van der Waals surface area contributed by atoms with Gasteiger partial charge in [0.1, 0.15) is 16.9 Å². The minimum atomic E-state index is -0.451. The van der Waals surface area contributed by atoms with Crippen molar-refractivity contribution < 1.29 is 4.92 Å². The van der Waals surface area contributed by atoms with Crippen LogP contribution in [0.3, 0.4) is 0 Å². The van der Waals surface area contributed by atoms with Gasteiger partial charge in [-0.25, -0.2) is 9.97 Å². The quantitative estimate of drug-likeness (QED) is 0.423. The lowest BCUT2D eigenvalue weighted by Gasteiger charge is -2.34. The molecule has 1 saturated heterocycles. The lowest BCUT2D eigenvalue weighted by Crippen LogP contribution is -2.46. The van der Waals surface area contributed by atoms with Crippen LogP contribution in [0.25, 0.3) is 10.2 Å². The molecule has 12 heteroatoms. The fourth-order valence-corrected chi connectivity index (χ4v) is 4.92. The Bertz CT molecular complexity index is 1240. The molecule has 168 valence electrons. The molecule has 2 N–H and O–H groups in total. The van der Waals surface area contributed by atoms with Gasteiger partial charge in [-0.3, -0.25) is 19.8 Å². The summed E-state index contributed by atoms with van der Waals surface area (Å²) in [5, 5.41) is 15.1. The van der Waals surface area contributed by atoms with Crippen molar-refractivity contribution >= 4 is 39.0 Å². The van der Waals surface area contributed by atoms with E-state index in [0.717, 1.165) is 41.2 Å². The van der Waals surface area contributed by atoms with E-state index in [-0.39, 0.29) is 17.3 Å². The predicted molar refractivity (Wildman–Crippen MR) is 123 cm³/mol. The van der Waals surface area contributed by atoms with Gasteiger partial charge in [-0.05, 0) is 32.3 Å². The molecule has 3 aromatic heterocycles. The van der Waals surface area contributed by atoms with E-state index in [1.54, 1.807) is 11.3 Å². The van der Waals surface area contributed by atoms with E-state index in [4.69, 9.17) is 0 Å². The minimum absolute atomic E-state index is 0.0829. The Kier molecular flexibility index (Phi) is 5.25. The number of thiophene rings is 1. The molecule has 4 heterocycles. The van der Waals surface area contributed by atoms with Crippen molar-refractivity contribution in [1.29, 1.82) is 0 Å². The number of H-pyrrole nitrogens is 1. The Morgan fingerprint density at radius 1 is 1.25 bits per heavy atom. The Morgan fingerprint density at radius 3 is 2.69 bits per heavy atom. The van der Waals surface area contributed by atoms with E-state index in [0.29, 0.717) is 42.6 Å². The number of fused-ring (bicyclic) bond motifs is 1. The van der Waals surface area contributed by atoms with Crippen molar-refractivity contribution in [1.82, 2.24) is 24.8 Å². The standard InChI is InChI=1S/C20H24N8O3S/c1-11-12(2)32-19-16(11)18(29)23-15(24-19)10-26-5-7-27(8-6-26)20-21-9-14(28(30)31)17(25-20)22-13-3-4-13/h9,13H,3-8,10H2,1-2H3,(H,21,22,25)(H,23,24,29). The Labute approximate surface area is 187 Å². The monoisotopic (exact) mass is 456 g/mol. The van der Waals surface area contributed by atoms with E-state index in [2.05, 4.69) is 30.2 Å². The van der Waals surface area contributed by atoms with Crippen LogP contribution in [-0.2, 0) is 6.54 Å². The highest BCUT2D eigenvalue weighted by Crippen LogP contribution is 2.30. The van der Waals surface area contributed by atoms with Crippen molar-refractivity contribution in [3.05, 3.63) is 42.9 Å². The van der Waals surface area contributed by atoms with Gasteiger partial charge in [-0.2, -0.15) is 4.98 Å². The number of nitrogens with one attached hydrogen (secondary N) is 2. The molecule has 0 aromatic carbocycles. The molecule has 0 bridgehead atoms. The molecule has 32 heavy (non-hydrogen) atoms. The van der Waals surface area contributed by atoms with Gasteiger partial charge in [0.15, 0.2) is 0 Å². The summed E-state index contributed by atoms with van der Waals surface area (Å²) in [6.45, 7) is 7.38. The molecule has 0 amide bonds. The third-order valence-corrected chi connectivity index (χ3v) is 7.09. The van der Waals surface area contributed by atoms with E-state index in [1.165, 1.54) is 6.20 Å². The first-order valence-electron chi connectivity index (χ1n) is 10.6. The van der Waals surface area contributed by atoms with Gasteiger partial charge in [0.25, 0.3) is 5.56 Å². The smallest absolute Gasteiger partial charge is 0.329 e. The van der Waals surface area contributed by atoms with Crippen molar-refractivity contribution in [2.24, 2.45) is 0 Å². The number of piperazine rings is 1. The van der Waals surface area contributed by atoms with Gasteiger partial charge in [-0.15, -0.1) is 11.3 Å². The van der Waals surface area contributed by atoms with Crippen LogP contribution in [0, 0.1) is 24.0 Å². The number of aromatic nitrogens is 4. The summed E-state index contributed by atoms with van der Waals surface area (Å²) in [6.07, 6.45) is 3.29. The number of aromatic amines is 1. The topological polar surface area (TPSA) is 133 Å². The summed E-state index contributed by atoms with van der Waals surface area (Å²) in [7, 11) is 0. The fraction of sp³-hybridized carbons (Fsp3) is 0.500. The molecule has 0 radical (unpaired) electrons. The normalized spacial score (nSPS) is 17.1. The van der Waals surface area contributed by atoms with Gasteiger partial charge < -0.3 is 15.2 Å². The van der Waals surface area contributed by atoms with Gasteiger partial charge >= 0.3 is 5.69 Å². The maximum atomic E-state index is 12.5. The molecule has 0 atom stereocenters. The summed E-state index contributed by atoms with van der Waals surface area (Å²) in [6, 6.07) is 0.260. The molecule has 11 nitrogen and oxygen atoms in total. The summed E-state index contributed by atoms with van der Waals surface area (Å²) < 4.78 is 0. The second-order valence-electron chi connectivity index (χ2n) is 8.32. The maximum absolute atomic E-state index is 12.5. The van der Waals surface area contributed by atoms with Crippen LogP contribution < -0.4 is 15.8 Å². The van der Waals surface area contributed by atoms with E-state index in [9.17, 15) is 14.9 Å². The van der Waals surface area contributed by atoms with Crippen LogP contribution in [0.5, 0.6) is 0 Å². The summed E-state index contributed by atoms with van der Waals surface area (Å²) in [4.78, 5) is 45.8. The van der Waals surface area contributed by atoms with Crippen molar-refractivity contribution in [2.45, 2.75) is 39.3 Å². The maximum Gasteiger partial charge on any atom is 0.329 e. The first-order chi connectivity index (χ1) is 15.4. The van der Waals surface area contributed by atoms with E-state index < -0.39 is 4.92 Å². The zero-order chi connectivity index (χ0) is 22.4. The van der Waals surface area contributed by atoms with Crippen LogP contribution in [0.2, 0.25) is 0 Å². The number of anilines is 2. The SMILES string of the molecule is Cc1sc2nc(CN3CCN(c4ncc([N+](=O)[O-])c(NC5CC5)n4)CC3)[nH]c(=O)c2c1C. The molecule has 1 saturated carbocycles. The molecule has 0 spiro atoms. The van der Waals surface area contributed by atoms with Gasteiger partial charge in [0.2, 0.25) is 11.8 Å². The molecule has 5 rings (SSSR count). The molecule has 1 aliphatic carbocycles. The first-order valence-corrected chi connectivity index (χ1v) is 11.4. The number of hydrogen-bond acceptors (Lipinski definition) is 10. The lowest BCUT2D eigenvalue weighted by molar-refractivity contribution is -0.384. The van der Waals surface area contributed by atoms with Gasteiger partial charge in [0.05, 0.1) is 16.9 Å². The molecular formula is C20H24N8O3S. The highest BCUT2D eigenvalue weighted by atomic mass is 32.1. The largest absolute Gasteiger partial charge is 0.361 e. The number of rotatable bonds is 6. The second kappa shape index (κ2) is 8.10. The number of nitrogens with zero attached hydrogens (tertiary/aromatic N) is 6. The molecule has 3 aromatic rings. The molecular weight excluding hydrogens is 432 g/mol. The molecule has 2 fully saturated rings. The minimum Gasteiger partial charge on any atom is -0.361 e. The van der Waals surface area contributed by atoms with Gasteiger partial charge in [0, 0.05) is 37.1 Å². The van der Waals surface area contributed by atoms with Crippen LogP contribution in [-0.4, -0.2) is 62.0 Å². The first kappa shape index (κ1) is 20.8. The van der Waals surface area contributed by atoms with Crippen molar-refractivity contribution in [2.75, 3.05) is 36.4 Å². The second-order valence-corrected chi connectivity index (χ2v) is 9.52. The summed E-state index contributed by atoms with van der Waals surface area (Å²) in [5.41, 5.74) is 0.821. The summed E-state index contributed by atoms with van der Waals surface area (Å²) >= 11 is 1.55. The average Bonchev–Trinajstić information content (AvgIpc) is 3.52. The van der Waals surface area contributed by atoms with Gasteiger partial charge in [-0.1, -0.05) is 0 Å². The summed E-state index contributed by atoms with van der Waals surface area (Å²) in [5.74, 6) is 1.46. The Balaban J connectivity index is 1.27. The number of nitro groups is 1. The van der Waals surface area contributed by atoms with Crippen LogP contribution >= 0.6 is 11.3 Å². The lowest BCUT2D eigenvalue weighted by atomic mass is 10.2. The van der Waals surface area contributed by atoms with Crippen molar-refractivity contribution in [3.63, 3.8) is 0 Å². The van der Waals surface area contributed by atoms with Crippen molar-refractivity contribution in [3.8, 4) is 0 Å². The third kappa shape index (κ3) is 4.02. The highest BCUT2D eigenvalue weighted by Gasteiger charge is 2.28. The molecule has 0 unspecified atom stereocenters. The third-order valence-electron chi connectivity index (χ3n) is 5.99. The number of hydrogen-bond donors (Lipinski definition) is 2. The van der Waals surface area contributed by atoms with E-state index >= 15 is 0 Å². The fourth-order valence-electron chi connectivity index (χ4n) is 3.87. The van der Waals surface area contributed by atoms with E-state index in [1.807, 2.05) is 18.7 Å². The molecule has 1 aliphatic heterocycles. The Hall–Kier alpha value is -3.12. The zero-order valence-corrected chi connectivity index (χ0v) is 18.7. The number of aryl methyl sites for hydroxylation is 2. The highest BCUT2D eigenvalue weighted by molar-refractivity contribution is 7.18. The average molecular weight is 457 g/mol. The molecule has 2 aliphatic rings. The van der Waals surface area contributed by atoms with Crippen LogP contribution in [0.1, 0.15) is 29.1 Å². The van der Waals surface area contributed by atoms with Crippen LogP contribution in [0.4, 0.5) is 17.5 Å². The zero-order valence-electron chi connectivity index (χ0n) is 17.9. The van der Waals surface area contributed by atoms with Crippen LogP contribution in [0.15, 0.2) is 11.0 Å². The Morgan fingerprint density at radius 2 is 2.00 bits per heavy atom.